The lowest BCUT2D eigenvalue weighted by Gasteiger charge is -2.49. The lowest BCUT2D eigenvalue weighted by atomic mass is 9.95. The molecule has 3 heterocycles. The summed E-state index contributed by atoms with van der Waals surface area (Å²) in [6, 6.07) is 59.8. The van der Waals surface area contributed by atoms with Gasteiger partial charge in [0.2, 0.25) is 12.2 Å². The summed E-state index contributed by atoms with van der Waals surface area (Å²) in [5.41, 5.74) is -0.356. The fraction of sp³-hybridized carbons (Fsp3) is 0.263. The monoisotopic (exact) mass is 1560 g/mol. The highest BCUT2D eigenvalue weighted by molar-refractivity contribution is 6.76. The van der Waals surface area contributed by atoms with Crippen LogP contribution >= 0.6 is 34.8 Å². The molecule has 3 aliphatic rings. The SMILES string of the molecule is CC(=O)O[C@H]1[C@@H](OC(=N)C(Cl)(Cl)Cl)O[C@H](CO[C@H]2O[C@H](COC(=O)c3ccccc3)[C@@H](OC(=O)c3ccccc3)[C@H](OC(=O)c3ccccc3)[C@H]2OC(=O)c2ccccc2)[C@@H](OC(C)=O)[C@H]1O[C@H]1O[C@H](COC(=O)c2ccccc2)[C@@H](OC(=O)c2ccccc2)[C@H](OC(=O)c2ccccc2)[C@H]1OC(=O)c1ccccc1. The number of benzene rings is 8. The van der Waals surface area contributed by atoms with Crippen LogP contribution in [0.1, 0.15) is 96.7 Å². The summed E-state index contributed by atoms with van der Waals surface area (Å²) in [5, 5.41) is 8.90. The van der Waals surface area contributed by atoms with Crippen molar-refractivity contribution in [2.45, 2.75) is 110 Å². The zero-order valence-electron chi connectivity index (χ0n) is 58.1. The lowest BCUT2D eigenvalue weighted by molar-refractivity contribution is -0.359. The number of alkyl halides is 3. The van der Waals surface area contributed by atoms with E-state index in [1.54, 1.807) is 72.8 Å². The van der Waals surface area contributed by atoms with Crippen LogP contribution in [0.25, 0.3) is 0 Å². The minimum absolute atomic E-state index is 0.0254. The van der Waals surface area contributed by atoms with Gasteiger partial charge in [-0.3, -0.25) is 15.0 Å². The number of hydrogen-bond donors (Lipinski definition) is 1. The van der Waals surface area contributed by atoms with Crippen LogP contribution in [-0.2, 0) is 85.4 Å². The van der Waals surface area contributed by atoms with Crippen molar-refractivity contribution < 1.29 is 124 Å². The molecular weight excluding hydrogens is 1500 g/mol. The summed E-state index contributed by atoms with van der Waals surface area (Å²) in [6.07, 6.45) is -31.2. The topological polar surface area (TPSA) is 342 Å². The third kappa shape index (κ3) is 20.9. The Morgan fingerprint density at radius 2 is 0.527 bits per heavy atom. The highest BCUT2D eigenvalue weighted by atomic mass is 35.6. The molecule has 0 unspecified atom stereocenters. The third-order valence-electron chi connectivity index (χ3n) is 16.9. The van der Waals surface area contributed by atoms with E-state index in [1.165, 1.54) is 170 Å². The molecule has 570 valence electrons. The summed E-state index contributed by atoms with van der Waals surface area (Å²) in [4.78, 5) is 143. The minimum atomic E-state index is -2.74. The van der Waals surface area contributed by atoms with Crippen LogP contribution in [0.2, 0.25) is 0 Å². The Morgan fingerprint density at radius 1 is 0.291 bits per heavy atom. The number of nitrogens with one attached hydrogen (secondary N) is 1. The molecule has 0 radical (unpaired) electrons. The molecule has 27 nitrogen and oxygen atoms in total. The van der Waals surface area contributed by atoms with Crippen LogP contribution in [0.4, 0.5) is 0 Å². The van der Waals surface area contributed by atoms with Gasteiger partial charge in [-0.1, -0.05) is 180 Å². The average Bonchev–Trinajstić information content (AvgIpc) is 0.763. The third-order valence-corrected chi connectivity index (χ3v) is 17.4. The predicted octanol–water partition coefficient (Wildman–Crippen LogP) is 10.9. The largest absolute Gasteiger partial charge is 0.459 e. The smallest absolute Gasteiger partial charge is 0.338 e. The molecule has 0 aromatic heterocycles. The molecule has 3 saturated heterocycles. The summed E-state index contributed by atoms with van der Waals surface area (Å²) in [5.74, 6) is -11.9. The van der Waals surface area contributed by atoms with Gasteiger partial charge in [-0.05, 0) is 97.1 Å². The Bertz CT molecular complexity index is 4500. The average molecular weight is 1570 g/mol. The normalized spacial score (nSPS) is 23.5. The van der Waals surface area contributed by atoms with Crippen LogP contribution in [0.3, 0.4) is 0 Å². The molecule has 3 fully saturated rings. The summed E-state index contributed by atoms with van der Waals surface area (Å²) in [6.45, 7) is -0.932. The predicted molar refractivity (Wildman–Crippen MR) is 384 cm³/mol. The first-order valence-corrected chi connectivity index (χ1v) is 35.1. The molecule has 15 atom stereocenters. The number of esters is 10. The number of halogens is 3. The number of carbonyl (C=O) groups is 10. The molecule has 0 saturated carbocycles. The Kier molecular flexibility index (Phi) is 27.2. The van der Waals surface area contributed by atoms with Crippen molar-refractivity contribution in [2.24, 2.45) is 0 Å². The molecule has 0 aliphatic carbocycles. The summed E-state index contributed by atoms with van der Waals surface area (Å²) >= 11 is 18.8. The van der Waals surface area contributed by atoms with Crippen molar-refractivity contribution in [1.29, 1.82) is 5.41 Å². The van der Waals surface area contributed by atoms with Gasteiger partial charge in [0.15, 0.2) is 61.4 Å². The van der Waals surface area contributed by atoms with Crippen molar-refractivity contribution in [1.82, 2.24) is 0 Å². The molecular formula is C80H68Cl3NO26. The molecule has 0 bridgehead atoms. The van der Waals surface area contributed by atoms with Gasteiger partial charge < -0.3 is 75.8 Å². The van der Waals surface area contributed by atoms with E-state index in [9.17, 15) is 47.9 Å². The van der Waals surface area contributed by atoms with Crippen molar-refractivity contribution in [2.75, 3.05) is 19.8 Å². The van der Waals surface area contributed by atoms with Gasteiger partial charge >= 0.3 is 59.7 Å². The number of carbonyl (C=O) groups excluding carboxylic acids is 10. The van der Waals surface area contributed by atoms with Gasteiger partial charge in [0.25, 0.3) is 3.79 Å². The fourth-order valence-corrected chi connectivity index (χ4v) is 11.9. The molecule has 8 aromatic carbocycles. The zero-order chi connectivity index (χ0) is 77.8. The molecule has 30 heteroatoms. The summed E-state index contributed by atoms with van der Waals surface area (Å²) < 4.78 is 98.1. The van der Waals surface area contributed by atoms with E-state index >= 15 is 0 Å². The fourth-order valence-electron chi connectivity index (χ4n) is 11.7. The zero-order valence-corrected chi connectivity index (χ0v) is 60.4. The second-order valence-corrected chi connectivity index (χ2v) is 26.8. The van der Waals surface area contributed by atoms with E-state index < -0.39 is 181 Å². The van der Waals surface area contributed by atoms with Crippen LogP contribution in [0.5, 0.6) is 0 Å². The van der Waals surface area contributed by atoms with Crippen molar-refractivity contribution >= 4 is 100 Å². The molecule has 11 rings (SSSR count). The quantitative estimate of drug-likeness (QED) is 0.0173. The molecule has 0 amide bonds. The maximum Gasteiger partial charge on any atom is 0.338 e. The van der Waals surface area contributed by atoms with Crippen LogP contribution in [-0.4, -0.2) is 181 Å². The number of rotatable bonds is 26. The van der Waals surface area contributed by atoms with Gasteiger partial charge in [0.1, 0.15) is 37.6 Å². The van der Waals surface area contributed by atoms with Crippen molar-refractivity contribution in [3.05, 3.63) is 287 Å². The number of hydrogen-bond acceptors (Lipinski definition) is 27. The van der Waals surface area contributed by atoms with Crippen molar-refractivity contribution in [3.63, 3.8) is 0 Å². The second-order valence-electron chi connectivity index (χ2n) is 24.5. The highest BCUT2D eigenvalue weighted by Crippen LogP contribution is 2.40. The van der Waals surface area contributed by atoms with Gasteiger partial charge in [0, 0.05) is 13.8 Å². The van der Waals surface area contributed by atoms with E-state index in [0.717, 1.165) is 13.8 Å². The van der Waals surface area contributed by atoms with Crippen LogP contribution < -0.4 is 0 Å². The van der Waals surface area contributed by atoms with Gasteiger partial charge in [-0.2, -0.15) is 0 Å². The highest BCUT2D eigenvalue weighted by Gasteiger charge is 2.60. The van der Waals surface area contributed by atoms with E-state index in [2.05, 4.69) is 0 Å². The maximum absolute atomic E-state index is 14.8. The second kappa shape index (κ2) is 37.6. The molecule has 8 aromatic rings. The van der Waals surface area contributed by atoms with Crippen LogP contribution in [0, 0.1) is 5.41 Å². The molecule has 3 aliphatic heterocycles. The Labute approximate surface area is 643 Å². The maximum atomic E-state index is 14.8. The standard InChI is InChI=1S/C80H68Cl3NO26/c1-46(85)98-59-58(45-97-76-65(107-74(93)54-39-23-9-24-40-54)62(105-72(91)52-35-19-7-20-36-52)60(103-70(89)50-31-15-5-16-32-50)56(100-76)43-95-68(87)48-27-11-3-12-28-48)102-78(110-79(84)80(81,82)83)66(99-47(2)86)64(59)109-77-67(108-75(94)55-41-25-10-26-42-55)63(106-73(92)53-37-21-8-22-38-53)61(104-71(90)51-33-17-6-18-34-51)57(101-77)44-96-69(88)49-29-13-4-14-30-49/h3-42,56-67,76-78,84H,43-45H2,1-2H3/t56-,57-,58-,59-,60-,61-,62+,63+,64-,65-,66-,67-,76+,77-,78-/m1/s1. The number of ether oxygens (including phenoxy) is 16. The van der Waals surface area contributed by atoms with Gasteiger partial charge in [-0.15, -0.1) is 0 Å². The van der Waals surface area contributed by atoms with Crippen molar-refractivity contribution in [3.8, 4) is 0 Å². The van der Waals surface area contributed by atoms with E-state index in [-0.39, 0.29) is 44.5 Å². The molecule has 0 spiro atoms. The van der Waals surface area contributed by atoms with E-state index in [0.29, 0.717) is 0 Å². The minimum Gasteiger partial charge on any atom is -0.459 e. The van der Waals surface area contributed by atoms with E-state index in [1.807, 2.05) is 0 Å². The molecule has 1 N–H and O–H groups in total. The Balaban J connectivity index is 1.05. The van der Waals surface area contributed by atoms with E-state index in [4.69, 9.17) is 116 Å². The van der Waals surface area contributed by atoms with Crippen LogP contribution in [0.15, 0.2) is 243 Å². The lowest BCUT2D eigenvalue weighted by Crippen LogP contribution is -2.68. The first-order chi connectivity index (χ1) is 53.1. The Morgan fingerprint density at radius 3 is 0.836 bits per heavy atom. The summed E-state index contributed by atoms with van der Waals surface area (Å²) in [7, 11) is 0. The Hall–Kier alpha value is -11.4. The van der Waals surface area contributed by atoms with Gasteiger partial charge in [0.05, 0.1) is 51.1 Å². The van der Waals surface area contributed by atoms with Gasteiger partial charge in [-0.25, -0.2) is 38.4 Å². The first-order valence-electron chi connectivity index (χ1n) is 34.0. The molecule has 110 heavy (non-hydrogen) atoms. The first kappa shape index (κ1) is 79.6.